The van der Waals surface area contributed by atoms with E-state index in [1.54, 1.807) is 12.1 Å². The summed E-state index contributed by atoms with van der Waals surface area (Å²) in [5, 5.41) is 10.8. The number of hydrogen-bond acceptors (Lipinski definition) is 2. The maximum absolute atomic E-state index is 10.8. The molecule has 0 saturated heterocycles. The summed E-state index contributed by atoms with van der Waals surface area (Å²) in [6.07, 6.45) is 8.28. The van der Waals surface area contributed by atoms with Crippen molar-refractivity contribution in [1.82, 2.24) is 4.57 Å². The molecule has 0 amide bonds. The quantitative estimate of drug-likeness (QED) is 0.597. The van der Waals surface area contributed by atoms with Crippen LogP contribution in [0.5, 0.6) is 0 Å². The molecule has 4 heteroatoms. The van der Waals surface area contributed by atoms with Crippen LogP contribution in [0.4, 0.5) is 5.69 Å². The third kappa shape index (κ3) is 1.72. The van der Waals surface area contributed by atoms with Gasteiger partial charge in [0, 0.05) is 24.0 Å². The van der Waals surface area contributed by atoms with E-state index in [1.807, 2.05) is 16.8 Å². The third-order valence-corrected chi connectivity index (χ3v) is 3.19. The van der Waals surface area contributed by atoms with E-state index >= 15 is 0 Å². The second-order valence-electron chi connectivity index (χ2n) is 4.31. The fraction of sp³-hybridized carbons (Fsp3) is 0.143. The summed E-state index contributed by atoms with van der Waals surface area (Å²) in [5.74, 6) is 0. The first-order chi connectivity index (χ1) is 8.75. The van der Waals surface area contributed by atoms with Crippen molar-refractivity contribution >= 4 is 11.8 Å². The predicted molar refractivity (Wildman–Crippen MR) is 69.8 cm³/mol. The van der Waals surface area contributed by atoms with Crippen molar-refractivity contribution in [2.45, 2.75) is 12.8 Å². The summed E-state index contributed by atoms with van der Waals surface area (Å²) in [6, 6.07) is 8.79. The molecule has 18 heavy (non-hydrogen) atoms. The van der Waals surface area contributed by atoms with Crippen LogP contribution in [0.15, 0.2) is 42.6 Å². The topological polar surface area (TPSA) is 48.1 Å². The summed E-state index contributed by atoms with van der Waals surface area (Å²) in [4.78, 5) is 10.4. The SMILES string of the molecule is O=[N+]([O-])c1cccc(-n2ccc3c2C=CCC3)c1. The zero-order chi connectivity index (χ0) is 12.5. The Morgan fingerprint density at radius 2 is 2.17 bits per heavy atom. The molecule has 0 atom stereocenters. The number of non-ortho nitro benzene ring substituents is 1. The van der Waals surface area contributed by atoms with Gasteiger partial charge in [-0.15, -0.1) is 0 Å². The number of hydrogen-bond donors (Lipinski definition) is 0. The number of fused-ring (bicyclic) bond motifs is 1. The fourth-order valence-corrected chi connectivity index (χ4v) is 2.30. The second-order valence-corrected chi connectivity index (χ2v) is 4.31. The van der Waals surface area contributed by atoms with Gasteiger partial charge in [0.05, 0.1) is 10.6 Å². The van der Waals surface area contributed by atoms with Crippen LogP contribution < -0.4 is 0 Å². The minimum atomic E-state index is -0.366. The largest absolute Gasteiger partial charge is 0.317 e. The Hall–Kier alpha value is -2.36. The first kappa shape index (κ1) is 10.8. The first-order valence-electron chi connectivity index (χ1n) is 5.87. The Balaban J connectivity index is 2.11. The first-order valence-corrected chi connectivity index (χ1v) is 5.87. The molecule has 0 saturated carbocycles. The van der Waals surface area contributed by atoms with Crippen molar-refractivity contribution < 1.29 is 4.92 Å². The molecule has 1 heterocycles. The minimum absolute atomic E-state index is 0.120. The summed E-state index contributed by atoms with van der Waals surface area (Å²) in [7, 11) is 0. The predicted octanol–water partition coefficient (Wildman–Crippen LogP) is 3.34. The highest BCUT2D eigenvalue weighted by Gasteiger charge is 2.12. The van der Waals surface area contributed by atoms with Crippen molar-refractivity contribution in [3.63, 3.8) is 0 Å². The van der Waals surface area contributed by atoms with Crippen molar-refractivity contribution in [3.05, 3.63) is 64.0 Å². The molecule has 2 aromatic rings. The lowest BCUT2D eigenvalue weighted by atomic mass is 10.0. The standard InChI is InChI=1S/C14H12N2O2/c17-16(18)13-6-3-5-12(10-13)15-9-8-11-4-1-2-7-14(11)15/h2-3,5-10H,1,4H2. The Bertz CT molecular complexity index is 641. The smallest absolute Gasteiger partial charge is 0.271 e. The zero-order valence-electron chi connectivity index (χ0n) is 9.74. The molecule has 4 nitrogen and oxygen atoms in total. The molecule has 1 aromatic heterocycles. The molecule has 1 aliphatic rings. The third-order valence-electron chi connectivity index (χ3n) is 3.19. The van der Waals surface area contributed by atoms with E-state index in [1.165, 1.54) is 11.6 Å². The molecule has 0 N–H and O–H groups in total. The Labute approximate surface area is 104 Å². The Morgan fingerprint density at radius 1 is 1.28 bits per heavy atom. The van der Waals surface area contributed by atoms with Crippen molar-refractivity contribution in [2.24, 2.45) is 0 Å². The van der Waals surface area contributed by atoms with E-state index in [0.717, 1.165) is 24.2 Å². The number of aryl methyl sites for hydroxylation is 1. The van der Waals surface area contributed by atoms with Gasteiger partial charge in [-0.1, -0.05) is 12.1 Å². The van der Waals surface area contributed by atoms with Gasteiger partial charge in [-0.05, 0) is 36.6 Å². The maximum atomic E-state index is 10.8. The lowest BCUT2D eigenvalue weighted by Crippen LogP contribution is -2.00. The number of benzene rings is 1. The van der Waals surface area contributed by atoms with Crippen LogP contribution in [0.25, 0.3) is 11.8 Å². The number of rotatable bonds is 2. The lowest BCUT2D eigenvalue weighted by Gasteiger charge is -2.10. The highest BCUT2D eigenvalue weighted by atomic mass is 16.6. The zero-order valence-corrected chi connectivity index (χ0v) is 9.74. The van der Waals surface area contributed by atoms with Crippen LogP contribution in [0.3, 0.4) is 0 Å². The van der Waals surface area contributed by atoms with Gasteiger partial charge in [0.15, 0.2) is 0 Å². The van der Waals surface area contributed by atoms with E-state index in [2.05, 4.69) is 18.2 Å². The highest BCUT2D eigenvalue weighted by molar-refractivity contribution is 5.58. The fourth-order valence-electron chi connectivity index (χ4n) is 2.30. The Morgan fingerprint density at radius 3 is 3.00 bits per heavy atom. The number of nitro benzene ring substituents is 1. The maximum Gasteiger partial charge on any atom is 0.271 e. The molecule has 3 rings (SSSR count). The van der Waals surface area contributed by atoms with Gasteiger partial charge in [0.2, 0.25) is 0 Å². The Kier molecular flexibility index (Phi) is 2.48. The monoisotopic (exact) mass is 240 g/mol. The van der Waals surface area contributed by atoms with Gasteiger partial charge in [-0.2, -0.15) is 0 Å². The molecule has 0 aliphatic heterocycles. The number of allylic oxidation sites excluding steroid dienone is 1. The van der Waals surface area contributed by atoms with Crippen LogP contribution in [-0.2, 0) is 6.42 Å². The van der Waals surface area contributed by atoms with Crippen LogP contribution >= 0.6 is 0 Å². The highest BCUT2D eigenvalue weighted by Crippen LogP contribution is 2.25. The van der Waals surface area contributed by atoms with Crippen LogP contribution in [0, 0.1) is 10.1 Å². The summed E-state index contributed by atoms with van der Waals surface area (Å²) >= 11 is 0. The van der Waals surface area contributed by atoms with Crippen molar-refractivity contribution in [1.29, 1.82) is 0 Å². The molecule has 0 bridgehead atoms. The molecule has 0 fully saturated rings. The number of nitro groups is 1. The van der Waals surface area contributed by atoms with Crippen LogP contribution in [0.1, 0.15) is 17.7 Å². The van der Waals surface area contributed by atoms with E-state index in [-0.39, 0.29) is 10.6 Å². The van der Waals surface area contributed by atoms with Gasteiger partial charge in [0.25, 0.3) is 5.69 Å². The summed E-state index contributed by atoms with van der Waals surface area (Å²) < 4.78 is 2.00. The van der Waals surface area contributed by atoms with Gasteiger partial charge < -0.3 is 4.57 Å². The average Bonchev–Trinajstić information content (AvgIpc) is 2.82. The lowest BCUT2D eigenvalue weighted by molar-refractivity contribution is -0.384. The molecule has 0 unspecified atom stereocenters. The molecular weight excluding hydrogens is 228 g/mol. The molecule has 0 radical (unpaired) electrons. The average molecular weight is 240 g/mol. The van der Waals surface area contributed by atoms with Crippen molar-refractivity contribution in [2.75, 3.05) is 0 Å². The van der Waals surface area contributed by atoms with Gasteiger partial charge in [0.1, 0.15) is 0 Å². The molecule has 1 aromatic carbocycles. The minimum Gasteiger partial charge on any atom is -0.317 e. The normalized spacial score (nSPS) is 13.3. The molecule has 0 spiro atoms. The molecule has 90 valence electrons. The van der Waals surface area contributed by atoms with Gasteiger partial charge in [-0.3, -0.25) is 10.1 Å². The van der Waals surface area contributed by atoms with Crippen LogP contribution in [-0.4, -0.2) is 9.49 Å². The summed E-state index contributed by atoms with van der Waals surface area (Å²) in [5.41, 5.74) is 3.37. The van der Waals surface area contributed by atoms with Crippen molar-refractivity contribution in [3.8, 4) is 5.69 Å². The summed E-state index contributed by atoms with van der Waals surface area (Å²) in [6.45, 7) is 0. The van der Waals surface area contributed by atoms with E-state index < -0.39 is 0 Å². The van der Waals surface area contributed by atoms with E-state index in [0.29, 0.717) is 0 Å². The number of aromatic nitrogens is 1. The van der Waals surface area contributed by atoms with E-state index in [4.69, 9.17) is 0 Å². The van der Waals surface area contributed by atoms with E-state index in [9.17, 15) is 10.1 Å². The molecule has 1 aliphatic carbocycles. The molecular formula is C14H12N2O2. The van der Waals surface area contributed by atoms with Gasteiger partial charge in [-0.25, -0.2) is 0 Å². The second kappa shape index (κ2) is 4.14. The number of nitrogens with zero attached hydrogens (tertiary/aromatic N) is 2. The van der Waals surface area contributed by atoms with Gasteiger partial charge >= 0.3 is 0 Å². The van der Waals surface area contributed by atoms with Crippen LogP contribution in [0.2, 0.25) is 0 Å².